The Balaban J connectivity index is 2.12. The molecule has 1 unspecified atom stereocenters. The van der Waals surface area contributed by atoms with E-state index in [0.717, 1.165) is 23.1 Å². The van der Waals surface area contributed by atoms with Crippen molar-refractivity contribution in [2.45, 2.75) is 23.8 Å². The highest BCUT2D eigenvalue weighted by atomic mass is 32.2. The number of H-pyrrole nitrogens is 1. The van der Waals surface area contributed by atoms with Crippen LogP contribution in [-0.4, -0.2) is 38.6 Å². The molecule has 0 amide bonds. The fourth-order valence-electron chi connectivity index (χ4n) is 1.67. The Kier molecular flexibility index (Phi) is 5.16. The van der Waals surface area contributed by atoms with Crippen LogP contribution in [0.3, 0.4) is 0 Å². The summed E-state index contributed by atoms with van der Waals surface area (Å²) < 4.78 is 5.07. The number of carbonyl (C=O) groups is 1. The molecule has 116 valence electrons. The van der Waals surface area contributed by atoms with Crippen molar-refractivity contribution >= 4 is 17.7 Å². The number of aliphatic carboxylic acids is 1. The highest BCUT2D eigenvalue weighted by Gasteiger charge is 2.15. The average Bonchev–Trinajstić information content (AvgIpc) is 2.50. The largest absolute Gasteiger partial charge is 0.497 e. The molecule has 0 aliphatic rings. The van der Waals surface area contributed by atoms with Crippen LogP contribution in [0.15, 0.2) is 34.2 Å². The van der Waals surface area contributed by atoms with E-state index in [4.69, 9.17) is 9.84 Å². The molecular weight excluding hydrogens is 306 g/mol. The van der Waals surface area contributed by atoms with Gasteiger partial charge < -0.3 is 9.84 Å². The Morgan fingerprint density at radius 2 is 2.05 bits per heavy atom. The lowest BCUT2D eigenvalue weighted by atomic mass is 10.1. The number of carboxylic acids is 1. The van der Waals surface area contributed by atoms with E-state index in [1.165, 1.54) is 6.92 Å². The maximum Gasteiger partial charge on any atom is 0.316 e. The van der Waals surface area contributed by atoms with Crippen molar-refractivity contribution in [3.63, 3.8) is 0 Å². The van der Waals surface area contributed by atoms with E-state index in [1.54, 1.807) is 19.2 Å². The van der Waals surface area contributed by atoms with Crippen molar-refractivity contribution < 1.29 is 14.6 Å². The minimum absolute atomic E-state index is 0.193. The number of nitrogens with zero attached hydrogens (tertiary/aromatic N) is 2. The number of carboxylic acid groups (broad SMARTS) is 1. The summed E-state index contributed by atoms with van der Waals surface area (Å²) in [6, 6.07) is 7.29. The summed E-state index contributed by atoms with van der Waals surface area (Å²) in [5.41, 5.74) is 0.809. The first-order valence-corrected chi connectivity index (χ1v) is 7.36. The number of nitrogens with one attached hydrogen (secondary N) is 1. The number of ether oxygens (including phenoxy) is 1. The summed E-state index contributed by atoms with van der Waals surface area (Å²) in [4.78, 5) is 25.3. The monoisotopic (exact) mass is 321 g/mol. The first-order chi connectivity index (χ1) is 10.5. The standard InChI is InChI=1S/C14H15N3O4S/c1-8(13(19)20)22-14-15-12(18)11(16-17-14)7-9-3-5-10(21-2)6-4-9/h3-6,8H,7H2,1-2H3,(H,19,20)(H,15,17,18). The SMILES string of the molecule is COc1ccc(Cc2nnc(SC(C)C(=O)O)[nH]c2=O)cc1. The molecule has 0 saturated carbocycles. The molecule has 1 heterocycles. The van der Waals surface area contributed by atoms with Crippen molar-refractivity contribution in [2.75, 3.05) is 7.11 Å². The molecule has 22 heavy (non-hydrogen) atoms. The van der Waals surface area contributed by atoms with E-state index in [-0.39, 0.29) is 16.4 Å². The van der Waals surface area contributed by atoms with E-state index in [2.05, 4.69) is 15.2 Å². The second kappa shape index (κ2) is 7.08. The molecule has 0 fully saturated rings. The minimum Gasteiger partial charge on any atom is -0.497 e. The van der Waals surface area contributed by atoms with Gasteiger partial charge in [0, 0.05) is 6.42 Å². The van der Waals surface area contributed by atoms with Crippen molar-refractivity contribution in [3.05, 3.63) is 45.9 Å². The third-order valence-electron chi connectivity index (χ3n) is 2.91. The fourth-order valence-corrected chi connectivity index (χ4v) is 2.34. The van der Waals surface area contributed by atoms with Crippen molar-refractivity contribution in [1.82, 2.24) is 15.2 Å². The van der Waals surface area contributed by atoms with Crippen LogP contribution in [0, 0.1) is 0 Å². The van der Waals surface area contributed by atoms with Gasteiger partial charge in [-0.05, 0) is 24.6 Å². The Morgan fingerprint density at radius 1 is 1.36 bits per heavy atom. The van der Waals surface area contributed by atoms with Gasteiger partial charge in [0.15, 0.2) is 5.16 Å². The lowest BCUT2D eigenvalue weighted by Crippen LogP contribution is -2.19. The molecule has 2 aromatic rings. The van der Waals surface area contributed by atoms with Gasteiger partial charge in [0.25, 0.3) is 5.56 Å². The molecule has 0 aliphatic heterocycles. The molecule has 2 N–H and O–H groups in total. The van der Waals surface area contributed by atoms with Crippen LogP contribution in [0.4, 0.5) is 0 Å². The molecule has 7 nitrogen and oxygen atoms in total. The van der Waals surface area contributed by atoms with Gasteiger partial charge in [-0.25, -0.2) is 0 Å². The number of aromatic nitrogens is 3. The number of benzene rings is 1. The van der Waals surface area contributed by atoms with E-state index in [0.29, 0.717) is 6.42 Å². The molecular formula is C14H15N3O4S. The quantitative estimate of drug-likeness (QED) is 0.773. The van der Waals surface area contributed by atoms with Gasteiger partial charge in [-0.3, -0.25) is 14.6 Å². The summed E-state index contributed by atoms with van der Waals surface area (Å²) in [6.45, 7) is 1.51. The van der Waals surface area contributed by atoms with Gasteiger partial charge in [-0.2, -0.15) is 0 Å². The Bertz CT molecular complexity index is 715. The number of hydrogen-bond acceptors (Lipinski definition) is 6. The molecule has 2 rings (SSSR count). The highest BCUT2D eigenvalue weighted by Crippen LogP contribution is 2.17. The van der Waals surface area contributed by atoms with Gasteiger partial charge in [-0.15, -0.1) is 10.2 Å². The first-order valence-electron chi connectivity index (χ1n) is 6.48. The summed E-state index contributed by atoms with van der Waals surface area (Å²) in [5.74, 6) is -0.242. The normalized spacial score (nSPS) is 11.9. The van der Waals surface area contributed by atoms with Gasteiger partial charge in [0.2, 0.25) is 0 Å². The Labute approximate surface area is 130 Å². The molecule has 0 aliphatic carbocycles. The van der Waals surface area contributed by atoms with E-state index in [1.807, 2.05) is 12.1 Å². The predicted octanol–water partition coefficient (Wildman–Crippen LogP) is 1.33. The van der Waals surface area contributed by atoms with Crippen molar-refractivity contribution in [2.24, 2.45) is 0 Å². The van der Waals surface area contributed by atoms with Crippen LogP contribution in [0.25, 0.3) is 0 Å². The van der Waals surface area contributed by atoms with Crippen LogP contribution < -0.4 is 10.3 Å². The topological polar surface area (TPSA) is 105 Å². The zero-order chi connectivity index (χ0) is 16.1. The second-order valence-corrected chi connectivity index (χ2v) is 5.86. The van der Waals surface area contributed by atoms with Crippen LogP contribution >= 0.6 is 11.8 Å². The van der Waals surface area contributed by atoms with Crippen LogP contribution in [0.1, 0.15) is 18.2 Å². The number of thioether (sulfide) groups is 1. The Hall–Kier alpha value is -2.35. The Morgan fingerprint density at radius 3 is 2.59 bits per heavy atom. The third-order valence-corrected chi connectivity index (χ3v) is 3.87. The second-order valence-electron chi connectivity index (χ2n) is 4.53. The number of hydrogen-bond donors (Lipinski definition) is 2. The number of aromatic amines is 1. The molecule has 0 spiro atoms. The number of methoxy groups -OCH3 is 1. The molecule has 1 atom stereocenters. The molecule has 1 aromatic heterocycles. The molecule has 0 radical (unpaired) electrons. The molecule has 0 saturated heterocycles. The highest BCUT2D eigenvalue weighted by molar-refractivity contribution is 8.00. The average molecular weight is 321 g/mol. The van der Waals surface area contributed by atoms with E-state index < -0.39 is 11.2 Å². The molecule has 0 bridgehead atoms. The third kappa shape index (κ3) is 4.08. The predicted molar refractivity (Wildman–Crippen MR) is 81.4 cm³/mol. The summed E-state index contributed by atoms with van der Waals surface area (Å²) in [7, 11) is 1.58. The van der Waals surface area contributed by atoms with Crippen LogP contribution in [0.5, 0.6) is 5.75 Å². The zero-order valence-electron chi connectivity index (χ0n) is 12.1. The van der Waals surface area contributed by atoms with E-state index in [9.17, 15) is 9.59 Å². The minimum atomic E-state index is -0.977. The zero-order valence-corrected chi connectivity index (χ0v) is 12.9. The van der Waals surface area contributed by atoms with Gasteiger partial charge >= 0.3 is 5.97 Å². The maximum absolute atomic E-state index is 12.0. The lowest BCUT2D eigenvalue weighted by molar-refractivity contribution is -0.136. The maximum atomic E-state index is 12.0. The smallest absolute Gasteiger partial charge is 0.316 e. The summed E-state index contributed by atoms with van der Waals surface area (Å²) >= 11 is 0.941. The summed E-state index contributed by atoms with van der Waals surface area (Å²) in [6.07, 6.45) is 0.339. The van der Waals surface area contributed by atoms with Crippen molar-refractivity contribution in [1.29, 1.82) is 0 Å². The summed E-state index contributed by atoms with van der Waals surface area (Å²) in [5, 5.41) is 16.1. The number of rotatable bonds is 6. The van der Waals surface area contributed by atoms with Gasteiger partial charge in [0.05, 0.1) is 7.11 Å². The van der Waals surface area contributed by atoms with Crippen LogP contribution in [0.2, 0.25) is 0 Å². The molecule has 8 heteroatoms. The van der Waals surface area contributed by atoms with E-state index >= 15 is 0 Å². The van der Waals surface area contributed by atoms with Gasteiger partial charge in [0.1, 0.15) is 16.7 Å². The van der Waals surface area contributed by atoms with Crippen molar-refractivity contribution in [3.8, 4) is 5.75 Å². The van der Waals surface area contributed by atoms with Crippen LogP contribution in [-0.2, 0) is 11.2 Å². The first kappa shape index (κ1) is 16.0. The fraction of sp³-hybridized carbons (Fsp3) is 0.286. The van der Waals surface area contributed by atoms with Gasteiger partial charge in [-0.1, -0.05) is 23.9 Å². The lowest BCUT2D eigenvalue weighted by Gasteiger charge is -2.05. The molecule has 1 aromatic carbocycles.